The second-order valence-corrected chi connectivity index (χ2v) is 9.09. The molecule has 2 aromatic rings. The average molecular weight is 492 g/mol. The monoisotopic (exact) mass is 491 g/mol. The van der Waals surface area contributed by atoms with Crippen molar-refractivity contribution >= 4 is 23.6 Å². The summed E-state index contributed by atoms with van der Waals surface area (Å²) in [5.74, 6) is 2.00. The van der Waals surface area contributed by atoms with Gasteiger partial charge >= 0.3 is 6.03 Å². The molecule has 1 aromatic heterocycles. The Morgan fingerprint density at radius 2 is 1.67 bits per heavy atom. The Bertz CT molecular complexity index is 1110. The van der Waals surface area contributed by atoms with E-state index in [0.717, 1.165) is 37.2 Å². The Hall–Kier alpha value is -3.50. The molecule has 10 heteroatoms. The van der Waals surface area contributed by atoms with Crippen molar-refractivity contribution in [3.63, 3.8) is 0 Å². The van der Waals surface area contributed by atoms with E-state index in [-0.39, 0.29) is 6.03 Å². The van der Waals surface area contributed by atoms with E-state index >= 15 is 0 Å². The van der Waals surface area contributed by atoms with Crippen molar-refractivity contribution in [2.45, 2.75) is 38.8 Å². The first kappa shape index (κ1) is 24.2. The van der Waals surface area contributed by atoms with E-state index in [0.29, 0.717) is 61.9 Å². The number of rotatable bonds is 6. The molecule has 2 bridgehead atoms. The standard InChI is InChI=1S/C26H33N7O3/c1-3-5-19(4-2)27-26(34)28-20-8-6-18(7-9-20)23-29-24(32-12-14-35-15-13-32)31-25(30-23)33-21-10-11-22(33)17-36-16-21/h3-9,21-22H,10-17H2,1-2H3,(H2,27,28,34). The highest BCUT2D eigenvalue weighted by Crippen LogP contribution is 2.33. The zero-order valence-electron chi connectivity index (χ0n) is 20.8. The number of fused-ring (bicyclic) bond motifs is 2. The number of allylic oxidation sites excluding steroid dienone is 3. The van der Waals surface area contributed by atoms with Crippen LogP contribution in [0.3, 0.4) is 0 Å². The van der Waals surface area contributed by atoms with Crippen LogP contribution in [-0.4, -0.2) is 72.6 Å². The van der Waals surface area contributed by atoms with Gasteiger partial charge in [-0.25, -0.2) is 4.79 Å². The molecule has 0 saturated carbocycles. The lowest BCUT2D eigenvalue weighted by Crippen LogP contribution is -2.47. The van der Waals surface area contributed by atoms with Gasteiger partial charge in [-0.3, -0.25) is 0 Å². The molecule has 5 rings (SSSR count). The van der Waals surface area contributed by atoms with E-state index in [9.17, 15) is 4.79 Å². The maximum absolute atomic E-state index is 12.4. The number of amides is 2. The summed E-state index contributed by atoms with van der Waals surface area (Å²) in [6.45, 7) is 8.00. The van der Waals surface area contributed by atoms with Crippen molar-refractivity contribution in [3.8, 4) is 11.4 Å². The van der Waals surface area contributed by atoms with E-state index < -0.39 is 0 Å². The molecule has 2 atom stereocenters. The van der Waals surface area contributed by atoms with Crippen LogP contribution < -0.4 is 20.4 Å². The largest absolute Gasteiger partial charge is 0.378 e. The second-order valence-electron chi connectivity index (χ2n) is 9.09. The van der Waals surface area contributed by atoms with Gasteiger partial charge in [-0.15, -0.1) is 0 Å². The second kappa shape index (κ2) is 11.0. The van der Waals surface area contributed by atoms with Gasteiger partial charge in [0.2, 0.25) is 11.9 Å². The first-order valence-electron chi connectivity index (χ1n) is 12.6. The lowest BCUT2D eigenvalue weighted by molar-refractivity contribution is 0.0897. The fourth-order valence-corrected chi connectivity index (χ4v) is 4.84. The average Bonchev–Trinajstić information content (AvgIpc) is 3.17. The summed E-state index contributed by atoms with van der Waals surface area (Å²) in [5.41, 5.74) is 2.28. The van der Waals surface area contributed by atoms with Crippen molar-refractivity contribution in [1.82, 2.24) is 20.3 Å². The number of nitrogens with zero attached hydrogens (tertiary/aromatic N) is 5. The van der Waals surface area contributed by atoms with Gasteiger partial charge in [0, 0.05) is 30.0 Å². The van der Waals surface area contributed by atoms with E-state index in [4.69, 9.17) is 24.4 Å². The lowest BCUT2D eigenvalue weighted by atomic mass is 10.2. The Morgan fingerprint density at radius 3 is 2.33 bits per heavy atom. The number of carbonyl (C=O) groups is 1. The zero-order chi connectivity index (χ0) is 24.9. The van der Waals surface area contributed by atoms with Gasteiger partial charge in [-0.1, -0.05) is 12.2 Å². The van der Waals surface area contributed by atoms with Crippen LogP contribution in [0.4, 0.5) is 22.4 Å². The first-order valence-corrected chi connectivity index (χ1v) is 12.6. The predicted molar refractivity (Wildman–Crippen MR) is 139 cm³/mol. The molecule has 0 aliphatic carbocycles. The topological polar surface area (TPSA) is 105 Å². The van der Waals surface area contributed by atoms with E-state index in [2.05, 4.69) is 20.4 Å². The van der Waals surface area contributed by atoms with Gasteiger partial charge in [-0.2, -0.15) is 15.0 Å². The third-order valence-electron chi connectivity index (χ3n) is 6.69. The van der Waals surface area contributed by atoms with Gasteiger partial charge in [0.25, 0.3) is 0 Å². The van der Waals surface area contributed by atoms with E-state index in [1.807, 2.05) is 56.3 Å². The fourth-order valence-electron chi connectivity index (χ4n) is 4.84. The smallest absolute Gasteiger partial charge is 0.323 e. The van der Waals surface area contributed by atoms with Crippen molar-refractivity contribution in [1.29, 1.82) is 0 Å². The highest BCUT2D eigenvalue weighted by molar-refractivity contribution is 5.90. The molecular weight excluding hydrogens is 458 g/mol. The molecule has 190 valence electrons. The number of nitrogens with one attached hydrogen (secondary N) is 2. The molecule has 3 fully saturated rings. The van der Waals surface area contributed by atoms with Crippen LogP contribution in [0.5, 0.6) is 0 Å². The Labute approximate surface area is 211 Å². The van der Waals surface area contributed by atoms with Crippen molar-refractivity contribution in [3.05, 3.63) is 48.2 Å². The van der Waals surface area contributed by atoms with Gasteiger partial charge in [0.15, 0.2) is 5.82 Å². The van der Waals surface area contributed by atoms with Crippen LogP contribution in [0.2, 0.25) is 0 Å². The van der Waals surface area contributed by atoms with Gasteiger partial charge in [-0.05, 0) is 57.0 Å². The number of carbonyl (C=O) groups excluding carboxylic acids is 1. The minimum atomic E-state index is -0.297. The highest BCUT2D eigenvalue weighted by Gasteiger charge is 2.39. The Morgan fingerprint density at radius 1 is 0.972 bits per heavy atom. The number of morpholine rings is 2. The van der Waals surface area contributed by atoms with Crippen molar-refractivity contribution in [2.75, 3.05) is 54.6 Å². The van der Waals surface area contributed by atoms with E-state index in [1.165, 1.54) is 0 Å². The molecule has 0 spiro atoms. The number of hydrogen-bond acceptors (Lipinski definition) is 8. The molecule has 36 heavy (non-hydrogen) atoms. The predicted octanol–water partition coefficient (Wildman–Crippen LogP) is 3.34. The van der Waals surface area contributed by atoms with Gasteiger partial charge in [0.1, 0.15) is 0 Å². The lowest BCUT2D eigenvalue weighted by Gasteiger charge is -2.35. The number of ether oxygens (including phenoxy) is 2. The maximum Gasteiger partial charge on any atom is 0.323 e. The maximum atomic E-state index is 12.4. The molecule has 2 unspecified atom stereocenters. The van der Waals surface area contributed by atoms with Crippen LogP contribution in [0.15, 0.2) is 48.2 Å². The SMILES string of the molecule is CC=CC(=CC)NC(=O)Nc1ccc(-c2nc(N3CCOCC3)nc(N3C4CCC3COC4)n2)cc1. The molecule has 10 nitrogen and oxygen atoms in total. The first-order chi connectivity index (χ1) is 17.6. The summed E-state index contributed by atoms with van der Waals surface area (Å²) in [5, 5.41) is 5.69. The third kappa shape index (κ3) is 5.34. The molecule has 0 radical (unpaired) electrons. The number of anilines is 3. The summed E-state index contributed by atoms with van der Waals surface area (Å²) in [4.78, 5) is 31.5. The van der Waals surface area contributed by atoms with Crippen molar-refractivity contribution in [2.24, 2.45) is 0 Å². The highest BCUT2D eigenvalue weighted by atomic mass is 16.5. The number of urea groups is 1. The van der Waals surface area contributed by atoms with E-state index in [1.54, 1.807) is 0 Å². The molecule has 4 heterocycles. The molecule has 2 amide bonds. The summed E-state index contributed by atoms with van der Waals surface area (Å²) < 4.78 is 11.3. The normalized spacial score (nSPS) is 22.2. The molecular formula is C26H33N7O3. The number of aromatic nitrogens is 3. The quantitative estimate of drug-likeness (QED) is 0.593. The Kier molecular flexibility index (Phi) is 7.43. The van der Waals surface area contributed by atoms with Gasteiger partial charge < -0.3 is 29.9 Å². The fraction of sp³-hybridized carbons (Fsp3) is 0.462. The third-order valence-corrected chi connectivity index (χ3v) is 6.69. The minimum Gasteiger partial charge on any atom is -0.378 e. The molecule has 1 aromatic carbocycles. The molecule has 3 aliphatic rings. The zero-order valence-corrected chi connectivity index (χ0v) is 20.8. The van der Waals surface area contributed by atoms with Crippen LogP contribution >= 0.6 is 0 Å². The molecule has 3 aliphatic heterocycles. The summed E-state index contributed by atoms with van der Waals surface area (Å²) in [6, 6.07) is 7.86. The Balaban J connectivity index is 1.39. The van der Waals surface area contributed by atoms with Crippen LogP contribution in [0.25, 0.3) is 11.4 Å². The summed E-state index contributed by atoms with van der Waals surface area (Å²) >= 11 is 0. The minimum absolute atomic E-state index is 0.297. The summed E-state index contributed by atoms with van der Waals surface area (Å²) in [7, 11) is 0. The van der Waals surface area contributed by atoms with Gasteiger partial charge in [0.05, 0.1) is 38.5 Å². The van der Waals surface area contributed by atoms with Crippen molar-refractivity contribution < 1.29 is 14.3 Å². The van der Waals surface area contributed by atoms with Crippen LogP contribution in [0.1, 0.15) is 26.7 Å². The number of benzene rings is 1. The molecule has 3 saturated heterocycles. The van der Waals surface area contributed by atoms with Crippen LogP contribution in [0, 0.1) is 0 Å². The van der Waals surface area contributed by atoms with Crippen LogP contribution in [-0.2, 0) is 9.47 Å². The molecule has 2 N–H and O–H groups in total. The summed E-state index contributed by atoms with van der Waals surface area (Å²) in [6.07, 6.45) is 7.73. The number of hydrogen-bond donors (Lipinski definition) is 2.